The zero-order valence-electron chi connectivity index (χ0n) is 16.0. The maximum Gasteiger partial charge on any atom is 0.243 e. The Balaban J connectivity index is 1.60. The quantitative estimate of drug-likeness (QED) is 0.519. The minimum atomic E-state index is -0.577. The predicted octanol–water partition coefficient (Wildman–Crippen LogP) is 3.93. The topological polar surface area (TPSA) is 74.0 Å². The average molecular weight is 442 g/mol. The third-order valence-electron chi connectivity index (χ3n) is 4.60. The van der Waals surface area contributed by atoms with Gasteiger partial charge in [0, 0.05) is 16.4 Å². The van der Waals surface area contributed by atoms with E-state index < -0.39 is 6.04 Å². The second kappa shape index (κ2) is 9.06. The Morgan fingerprint density at radius 2 is 1.82 bits per heavy atom. The molecule has 5 nitrogen and oxygen atoms in total. The molecule has 0 aliphatic rings. The first-order chi connectivity index (χ1) is 13.4. The molecule has 0 aliphatic carbocycles. The number of aromatic amines is 1. The molecule has 0 spiro atoms. The number of hydrogen-bond acceptors (Lipinski definition) is 2. The van der Waals surface area contributed by atoms with Gasteiger partial charge in [-0.15, -0.1) is 0 Å². The summed E-state index contributed by atoms with van der Waals surface area (Å²) >= 11 is 3.37. The molecule has 0 bridgehead atoms. The highest BCUT2D eigenvalue weighted by Crippen LogP contribution is 2.16. The number of carbonyl (C=O) groups excluding carboxylic acids is 2. The maximum atomic E-state index is 12.6. The van der Waals surface area contributed by atoms with Crippen molar-refractivity contribution in [2.45, 2.75) is 32.9 Å². The zero-order chi connectivity index (χ0) is 20.1. The molecule has 3 rings (SSSR count). The van der Waals surface area contributed by atoms with Gasteiger partial charge in [0.05, 0.1) is 13.0 Å². The molecule has 6 heteroatoms. The van der Waals surface area contributed by atoms with Crippen molar-refractivity contribution in [2.75, 3.05) is 0 Å². The highest BCUT2D eigenvalue weighted by molar-refractivity contribution is 9.10. The molecule has 2 aromatic carbocycles. The fourth-order valence-electron chi connectivity index (χ4n) is 3.10. The van der Waals surface area contributed by atoms with Crippen molar-refractivity contribution in [1.29, 1.82) is 0 Å². The van der Waals surface area contributed by atoms with Crippen LogP contribution in [-0.2, 0) is 22.6 Å². The van der Waals surface area contributed by atoms with E-state index in [2.05, 4.69) is 31.5 Å². The van der Waals surface area contributed by atoms with Crippen molar-refractivity contribution in [1.82, 2.24) is 15.6 Å². The first-order valence-corrected chi connectivity index (χ1v) is 10.1. The van der Waals surface area contributed by atoms with Crippen LogP contribution in [0.3, 0.4) is 0 Å². The average Bonchev–Trinajstić information content (AvgIpc) is 3.09. The van der Waals surface area contributed by atoms with Crippen molar-refractivity contribution in [3.05, 3.63) is 70.5 Å². The number of nitrogens with one attached hydrogen (secondary N) is 3. The van der Waals surface area contributed by atoms with Crippen molar-refractivity contribution in [3.63, 3.8) is 0 Å². The predicted molar refractivity (Wildman–Crippen MR) is 115 cm³/mol. The van der Waals surface area contributed by atoms with Crippen molar-refractivity contribution < 1.29 is 9.59 Å². The third kappa shape index (κ3) is 5.23. The van der Waals surface area contributed by atoms with Gasteiger partial charge in [-0.05, 0) is 44.3 Å². The number of fused-ring (bicyclic) bond motifs is 1. The highest BCUT2D eigenvalue weighted by atomic mass is 79.9. The normalized spacial score (nSPS) is 12.1. The van der Waals surface area contributed by atoms with E-state index >= 15 is 0 Å². The van der Waals surface area contributed by atoms with E-state index in [1.165, 1.54) is 0 Å². The first-order valence-electron chi connectivity index (χ1n) is 9.30. The summed E-state index contributed by atoms with van der Waals surface area (Å²) < 4.78 is 0.931. The van der Waals surface area contributed by atoms with E-state index in [1.54, 1.807) is 0 Å². The number of benzene rings is 2. The third-order valence-corrected chi connectivity index (χ3v) is 5.06. The minimum Gasteiger partial charge on any atom is -0.362 e. The number of amides is 2. The van der Waals surface area contributed by atoms with Gasteiger partial charge < -0.3 is 15.6 Å². The fourth-order valence-corrected chi connectivity index (χ4v) is 3.49. The Morgan fingerprint density at radius 1 is 1.07 bits per heavy atom. The van der Waals surface area contributed by atoms with E-state index in [4.69, 9.17) is 0 Å². The Morgan fingerprint density at radius 3 is 2.50 bits per heavy atom. The first kappa shape index (κ1) is 20.1. The van der Waals surface area contributed by atoms with Crippen molar-refractivity contribution >= 4 is 38.5 Å². The summed E-state index contributed by atoms with van der Waals surface area (Å²) in [5.74, 6) is -0.365. The van der Waals surface area contributed by atoms with Crippen LogP contribution in [0.1, 0.15) is 25.1 Å². The lowest BCUT2D eigenvalue weighted by atomic mass is 10.0. The van der Waals surface area contributed by atoms with Crippen LogP contribution in [0.15, 0.2) is 59.2 Å². The lowest BCUT2D eigenvalue weighted by Gasteiger charge is -2.21. The largest absolute Gasteiger partial charge is 0.362 e. The van der Waals surface area contributed by atoms with Crippen LogP contribution in [0.4, 0.5) is 0 Å². The van der Waals surface area contributed by atoms with Crippen LogP contribution in [0, 0.1) is 5.92 Å². The van der Waals surface area contributed by atoms with Crippen LogP contribution < -0.4 is 10.6 Å². The molecule has 0 unspecified atom stereocenters. The lowest BCUT2D eigenvalue weighted by molar-refractivity contribution is -0.129. The van der Waals surface area contributed by atoms with Gasteiger partial charge in [0.15, 0.2) is 0 Å². The molecule has 0 fully saturated rings. The lowest BCUT2D eigenvalue weighted by Crippen LogP contribution is -2.49. The standard InChI is InChI=1S/C22H24BrN3O2/c1-14(2)21(22(28)25-13-19-11-18(23)12-24-19)26-20(27)10-15-7-8-16-5-3-4-6-17(16)9-15/h3-9,11-12,14,21,24H,10,13H2,1-2H3,(H,25,28)(H,26,27)/t21-/m1/s1. The maximum absolute atomic E-state index is 12.6. The van der Waals surface area contributed by atoms with E-state index in [-0.39, 0.29) is 24.2 Å². The van der Waals surface area contributed by atoms with Crippen LogP contribution >= 0.6 is 15.9 Å². The van der Waals surface area contributed by atoms with E-state index in [0.717, 1.165) is 26.5 Å². The molecule has 1 atom stereocenters. The number of H-pyrrole nitrogens is 1. The monoisotopic (exact) mass is 441 g/mol. The van der Waals surface area contributed by atoms with E-state index in [0.29, 0.717) is 6.54 Å². The number of hydrogen-bond donors (Lipinski definition) is 3. The number of carbonyl (C=O) groups is 2. The Bertz CT molecular complexity index is 981. The van der Waals surface area contributed by atoms with Gasteiger partial charge in [-0.25, -0.2) is 0 Å². The molecule has 0 radical (unpaired) electrons. The summed E-state index contributed by atoms with van der Waals surface area (Å²) in [6.45, 7) is 4.23. The molecule has 3 N–H and O–H groups in total. The van der Waals surface area contributed by atoms with Gasteiger partial charge >= 0.3 is 0 Å². The molecule has 28 heavy (non-hydrogen) atoms. The van der Waals surface area contributed by atoms with Gasteiger partial charge in [0.25, 0.3) is 0 Å². The Hall–Kier alpha value is -2.60. The molecule has 2 amide bonds. The van der Waals surface area contributed by atoms with Gasteiger partial charge in [0.1, 0.15) is 6.04 Å². The molecule has 0 saturated heterocycles. The molecule has 146 valence electrons. The van der Waals surface area contributed by atoms with Gasteiger partial charge in [-0.1, -0.05) is 56.3 Å². The van der Waals surface area contributed by atoms with Crippen LogP contribution in [-0.4, -0.2) is 22.8 Å². The second-order valence-corrected chi connectivity index (χ2v) is 8.12. The van der Waals surface area contributed by atoms with Crippen molar-refractivity contribution in [2.24, 2.45) is 5.92 Å². The zero-order valence-corrected chi connectivity index (χ0v) is 17.5. The molecular weight excluding hydrogens is 418 g/mol. The Kier molecular flexibility index (Phi) is 6.52. The van der Waals surface area contributed by atoms with E-state index in [1.807, 2.05) is 68.6 Å². The second-order valence-electron chi connectivity index (χ2n) is 7.21. The molecule has 1 heterocycles. The van der Waals surface area contributed by atoms with Gasteiger partial charge in [0.2, 0.25) is 11.8 Å². The van der Waals surface area contributed by atoms with Crippen LogP contribution in [0.25, 0.3) is 10.8 Å². The highest BCUT2D eigenvalue weighted by Gasteiger charge is 2.24. The van der Waals surface area contributed by atoms with Crippen LogP contribution in [0.5, 0.6) is 0 Å². The molecule has 3 aromatic rings. The smallest absolute Gasteiger partial charge is 0.243 e. The van der Waals surface area contributed by atoms with E-state index in [9.17, 15) is 9.59 Å². The SMILES string of the molecule is CC(C)[C@@H](NC(=O)Cc1ccc2ccccc2c1)C(=O)NCc1cc(Br)c[nH]1. The van der Waals surface area contributed by atoms with Crippen LogP contribution in [0.2, 0.25) is 0 Å². The Labute approximate surface area is 173 Å². The summed E-state index contributed by atoms with van der Waals surface area (Å²) in [5.41, 5.74) is 1.82. The minimum absolute atomic E-state index is 0.0177. The summed E-state index contributed by atoms with van der Waals surface area (Å²) in [7, 11) is 0. The molecule has 0 saturated carbocycles. The van der Waals surface area contributed by atoms with Crippen molar-refractivity contribution in [3.8, 4) is 0 Å². The molecule has 1 aromatic heterocycles. The summed E-state index contributed by atoms with van der Waals surface area (Å²) in [6, 6.07) is 15.4. The number of aromatic nitrogens is 1. The molecule has 0 aliphatic heterocycles. The summed E-state index contributed by atoms with van der Waals surface area (Å²) in [4.78, 5) is 28.2. The summed E-state index contributed by atoms with van der Waals surface area (Å²) in [5, 5.41) is 8.01. The number of rotatable bonds is 7. The summed E-state index contributed by atoms with van der Waals surface area (Å²) in [6.07, 6.45) is 2.05. The van der Waals surface area contributed by atoms with Gasteiger partial charge in [-0.3, -0.25) is 9.59 Å². The van der Waals surface area contributed by atoms with Gasteiger partial charge in [-0.2, -0.15) is 0 Å². The fraction of sp³-hybridized carbons (Fsp3) is 0.273. The molecular formula is C22H24BrN3O2. The number of halogens is 1.